The third kappa shape index (κ3) is 2.33. The quantitative estimate of drug-likeness (QED) is 0.577. The van der Waals surface area contributed by atoms with Crippen LogP contribution in [0.3, 0.4) is 0 Å². The van der Waals surface area contributed by atoms with Crippen molar-refractivity contribution in [2.45, 2.75) is 38.9 Å². The van der Waals surface area contributed by atoms with Crippen molar-refractivity contribution in [2.24, 2.45) is 0 Å². The fourth-order valence-electron chi connectivity index (χ4n) is 1.69. The summed E-state index contributed by atoms with van der Waals surface area (Å²) in [5, 5.41) is 0.0501. The normalized spacial score (nSPS) is 21.4. The van der Waals surface area contributed by atoms with Crippen molar-refractivity contribution in [2.75, 3.05) is 0 Å². The molecule has 0 unspecified atom stereocenters. The molecule has 98 valence electrons. The van der Waals surface area contributed by atoms with Crippen LogP contribution < -0.4 is 5.46 Å². The summed E-state index contributed by atoms with van der Waals surface area (Å²) in [6, 6.07) is 3.16. The summed E-state index contributed by atoms with van der Waals surface area (Å²) in [6.45, 7) is 7.86. The zero-order chi connectivity index (χ0) is 13.7. The third-order valence-corrected chi connectivity index (χ3v) is 4.38. The van der Waals surface area contributed by atoms with Crippen LogP contribution in [0.15, 0.2) is 16.6 Å². The molecule has 1 heterocycles. The number of rotatable bonds is 1. The lowest BCUT2D eigenvalue weighted by Gasteiger charge is -2.32. The highest BCUT2D eigenvalue weighted by atomic mass is 79.9. The molecular weight excluding hydrogens is 321 g/mol. The first-order chi connectivity index (χ1) is 8.14. The topological polar surface area (TPSA) is 18.5 Å². The largest absolute Gasteiger partial charge is 0.494 e. The number of halogens is 3. The Morgan fingerprint density at radius 2 is 1.67 bits per heavy atom. The zero-order valence-electron chi connectivity index (χ0n) is 10.7. The lowest BCUT2D eigenvalue weighted by molar-refractivity contribution is 0.00578. The highest BCUT2D eigenvalue weighted by molar-refractivity contribution is 9.10. The van der Waals surface area contributed by atoms with Crippen LogP contribution in [0.25, 0.3) is 0 Å². The molecule has 0 aliphatic carbocycles. The number of benzene rings is 1. The summed E-state index contributed by atoms with van der Waals surface area (Å²) in [7, 11) is -0.538. The van der Waals surface area contributed by atoms with Gasteiger partial charge in [-0.2, -0.15) is 0 Å². The van der Waals surface area contributed by atoms with Gasteiger partial charge in [-0.3, -0.25) is 0 Å². The zero-order valence-corrected chi connectivity index (χ0v) is 13.0. The molecule has 0 aromatic heterocycles. The van der Waals surface area contributed by atoms with Crippen LogP contribution >= 0.6 is 27.5 Å². The molecule has 2 nitrogen and oxygen atoms in total. The maximum atomic E-state index is 13.4. The smallest absolute Gasteiger partial charge is 0.399 e. The SMILES string of the molecule is CC1(C)OB(c2cc(Cl)c(F)c(Br)c2)OC1(C)C. The minimum absolute atomic E-state index is 0.0501. The molecule has 0 saturated carbocycles. The van der Waals surface area contributed by atoms with Gasteiger partial charge < -0.3 is 9.31 Å². The molecule has 0 spiro atoms. The first-order valence-electron chi connectivity index (χ1n) is 5.64. The van der Waals surface area contributed by atoms with Crippen LogP contribution in [0.5, 0.6) is 0 Å². The van der Waals surface area contributed by atoms with E-state index in [4.69, 9.17) is 20.9 Å². The molecule has 1 aliphatic rings. The van der Waals surface area contributed by atoms with E-state index in [1.807, 2.05) is 27.7 Å². The minimum atomic E-state index is -0.538. The van der Waals surface area contributed by atoms with Gasteiger partial charge in [0.2, 0.25) is 0 Å². The average Bonchev–Trinajstić information content (AvgIpc) is 2.44. The number of hydrogen-bond acceptors (Lipinski definition) is 2. The van der Waals surface area contributed by atoms with Crippen molar-refractivity contribution >= 4 is 40.1 Å². The van der Waals surface area contributed by atoms with Crippen LogP contribution in [0, 0.1) is 5.82 Å². The molecular formula is C12H14BBrClFO2. The standard InChI is InChI=1S/C12H14BBrClFO2/c1-11(2)12(3,4)18-13(17-11)7-5-8(14)10(16)9(15)6-7/h5-6H,1-4H3. The number of hydrogen-bond donors (Lipinski definition) is 0. The van der Waals surface area contributed by atoms with E-state index in [1.165, 1.54) is 6.07 Å². The van der Waals surface area contributed by atoms with E-state index < -0.39 is 24.1 Å². The van der Waals surface area contributed by atoms with Gasteiger partial charge in [0, 0.05) is 0 Å². The summed E-state index contributed by atoms with van der Waals surface area (Å²) >= 11 is 8.95. The molecule has 0 amide bonds. The third-order valence-electron chi connectivity index (χ3n) is 3.53. The summed E-state index contributed by atoms with van der Waals surface area (Å²) in [6.07, 6.45) is 0. The molecule has 1 saturated heterocycles. The van der Waals surface area contributed by atoms with Crippen LogP contribution in [0.4, 0.5) is 4.39 Å². The lowest BCUT2D eigenvalue weighted by atomic mass is 9.79. The van der Waals surface area contributed by atoms with E-state index in [0.29, 0.717) is 9.94 Å². The van der Waals surface area contributed by atoms with E-state index in [0.717, 1.165) is 0 Å². The minimum Gasteiger partial charge on any atom is -0.399 e. The van der Waals surface area contributed by atoms with Crippen LogP contribution in [0.2, 0.25) is 5.02 Å². The second kappa shape index (κ2) is 4.48. The molecule has 18 heavy (non-hydrogen) atoms. The Kier molecular flexibility index (Phi) is 3.56. The van der Waals surface area contributed by atoms with E-state index in [9.17, 15) is 4.39 Å². The Morgan fingerprint density at radius 1 is 1.17 bits per heavy atom. The second-order valence-corrected chi connectivity index (χ2v) is 6.65. The second-order valence-electron chi connectivity index (χ2n) is 5.39. The van der Waals surface area contributed by atoms with Crippen LogP contribution in [0.1, 0.15) is 27.7 Å². The van der Waals surface area contributed by atoms with Crippen LogP contribution in [-0.4, -0.2) is 18.3 Å². The molecule has 0 radical (unpaired) electrons. The molecule has 1 aromatic carbocycles. The summed E-state index contributed by atoms with van der Waals surface area (Å²) in [5.74, 6) is -0.475. The van der Waals surface area contributed by atoms with Gasteiger partial charge in [0.05, 0.1) is 20.7 Å². The Morgan fingerprint density at radius 3 is 2.11 bits per heavy atom. The van der Waals surface area contributed by atoms with Crippen molar-refractivity contribution in [3.63, 3.8) is 0 Å². The van der Waals surface area contributed by atoms with E-state index in [2.05, 4.69) is 15.9 Å². The lowest BCUT2D eigenvalue weighted by Crippen LogP contribution is -2.41. The fraction of sp³-hybridized carbons (Fsp3) is 0.500. The van der Waals surface area contributed by atoms with Gasteiger partial charge in [-0.25, -0.2) is 4.39 Å². The molecule has 6 heteroatoms. The highest BCUT2D eigenvalue weighted by Gasteiger charge is 2.51. The molecule has 0 bridgehead atoms. The monoisotopic (exact) mass is 334 g/mol. The Hall–Kier alpha value is -0.0951. The van der Waals surface area contributed by atoms with Gasteiger partial charge in [0.25, 0.3) is 0 Å². The first kappa shape index (κ1) is 14.3. The predicted octanol–water partition coefficient (Wildman–Crippen LogP) is 3.54. The fourth-order valence-corrected chi connectivity index (χ4v) is 2.51. The summed E-state index contributed by atoms with van der Waals surface area (Å²) < 4.78 is 25.5. The average molecular weight is 335 g/mol. The molecule has 0 atom stereocenters. The molecule has 1 aliphatic heterocycles. The first-order valence-corrected chi connectivity index (χ1v) is 6.81. The van der Waals surface area contributed by atoms with Crippen molar-refractivity contribution in [1.29, 1.82) is 0 Å². The van der Waals surface area contributed by atoms with E-state index >= 15 is 0 Å². The highest BCUT2D eigenvalue weighted by Crippen LogP contribution is 2.37. The molecule has 1 aromatic rings. The van der Waals surface area contributed by atoms with Crippen molar-refractivity contribution < 1.29 is 13.7 Å². The van der Waals surface area contributed by atoms with Crippen molar-refractivity contribution in [3.8, 4) is 0 Å². The maximum Gasteiger partial charge on any atom is 0.494 e. The van der Waals surface area contributed by atoms with Gasteiger partial charge in [0.1, 0.15) is 0 Å². The Labute approximate surface area is 120 Å². The van der Waals surface area contributed by atoms with Crippen molar-refractivity contribution in [1.82, 2.24) is 0 Å². The Balaban J connectivity index is 2.36. The molecule has 2 rings (SSSR count). The van der Waals surface area contributed by atoms with E-state index in [-0.39, 0.29) is 5.02 Å². The van der Waals surface area contributed by atoms with Gasteiger partial charge in [-0.15, -0.1) is 0 Å². The molecule has 0 N–H and O–H groups in total. The van der Waals surface area contributed by atoms with Gasteiger partial charge in [0.15, 0.2) is 5.82 Å². The van der Waals surface area contributed by atoms with Gasteiger partial charge >= 0.3 is 7.12 Å². The van der Waals surface area contributed by atoms with Crippen molar-refractivity contribution in [3.05, 3.63) is 27.4 Å². The molecule has 1 fully saturated rings. The van der Waals surface area contributed by atoms with Gasteiger partial charge in [-0.1, -0.05) is 11.6 Å². The van der Waals surface area contributed by atoms with E-state index in [1.54, 1.807) is 6.07 Å². The maximum absolute atomic E-state index is 13.4. The predicted molar refractivity (Wildman–Crippen MR) is 74.8 cm³/mol. The Bertz CT molecular complexity index is 454. The summed E-state index contributed by atoms with van der Waals surface area (Å²) in [5.41, 5.74) is -0.150. The van der Waals surface area contributed by atoms with Gasteiger partial charge in [-0.05, 0) is 61.2 Å². The summed E-state index contributed by atoms with van der Waals surface area (Å²) in [4.78, 5) is 0. The van der Waals surface area contributed by atoms with Crippen LogP contribution in [-0.2, 0) is 9.31 Å².